The van der Waals surface area contributed by atoms with Crippen LogP contribution >= 0.6 is 0 Å². The van der Waals surface area contributed by atoms with Crippen molar-refractivity contribution in [3.05, 3.63) is 11.4 Å². The molecule has 1 rings (SSSR count). The number of hydrogen-bond donors (Lipinski definition) is 1. The van der Waals surface area contributed by atoms with E-state index in [4.69, 9.17) is 4.74 Å². The molecule has 0 bridgehead atoms. The lowest BCUT2D eigenvalue weighted by molar-refractivity contribution is 0.214. The van der Waals surface area contributed by atoms with Gasteiger partial charge in [0.25, 0.3) is 0 Å². The first-order valence-corrected chi connectivity index (χ1v) is 6.93. The number of nitrogens with one attached hydrogen (secondary N) is 1. The highest BCUT2D eigenvalue weighted by Crippen LogP contribution is 2.22. The second kappa shape index (κ2) is 7.41. The minimum Gasteiger partial charge on any atom is -0.486 e. The molecule has 0 aromatic carbocycles. The fourth-order valence-corrected chi connectivity index (χ4v) is 1.97. The van der Waals surface area contributed by atoms with Crippen molar-refractivity contribution in [3.8, 4) is 5.75 Å². The average molecular weight is 253 g/mol. The van der Waals surface area contributed by atoms with Crippen molar-refractivity contribution in [2.75, 3.05) is 13.1 Å². The lowest BCUT2D eigenvalue weighted by atomic mass is 10.2. The summed E-state index contributed by atoms with van der Waals surface area (Å²) < 4.78 is 7.82. The summed E-state index contributed by atoms with van der Waals surface area (Å²) in [6.45, 7) is 10.3. The third-order valence-electron chi connectivity index (χ3n) is 3.15. The molecular formula is C14H27N3O. The van der Waals surface area contributed by atoms with Crippen LogP contribution in [0.25, 0.3) is 0 Å². The minimum absolute atomic E-state index is 0.174. The Morgan fingerprint density at radius 3 is 2.61 bits per heavy atom. The van der Waals surface area contributed by atoms with E-state index < -0.39 is 0 Å². The molecule has 0 amide bonds. The fourth-order valence-electron chi connectivity index (χ4n) is 1.97. The summed E-state index contributed by atoms with van der Waals surface area (Å²) in [5.41, 5.74) is 2.05. The molecule has 0 aliphatic heterocycles. The third kappa shape index (κ3) is 4.33. The third-order valence-corrected chi connectivity index (χ3v) is 3.15. The van der Waals surface area contributed by atoms with Crippen molar-refractivity contribution in [1.82, 2.24) is 15.1 Å². The standard InChI is InChI=1S/C14H27N3O/c1-6-7-8-9-15-10-11(2)18-14-12(3)16-17(5)13(14)4/h11,15H,6-10H2,1-5H3. The number of unbranched alkanes of at least 4 members (excludes halogenated alkanes) is 2. The van der Waals surface area contributed by atoms with Crippen LogP contribution in [0.15, 0.2) is 0 Å². The fraction of sp³-hybridized carbons (Fsp3) is 0.786. The summed E-state index contributed by atoms with van der Waals surface area (Å²) in [4.78, 5) is 0. The molecule has 1 heterocycles. The lowest BCUT2D eigenvalue weighted by Gasteiger charge is -2.15. The summed E-state index contributed by atoms with van der Waals surface area (Å²) in [7, 11) is 1.95. The molecule has 1 aromatic rings. The molecule has 0 aliphatic carbocycles. The van der Waals surface area contributed by atoms with Gasteiger partial charge >= 0.3 is 0 Å². The molecule has 0 fully saturated rings. The normalized spacial score (nSPS) is 12.7. The van der Waals surface area contributed by atoms with E-state index in [1.54, 1.807) is 0 Å². The zero-order valence-corrected chi connectivity index (χ0v) is 12.4. The van der Waals surface area contributed by atoms with Gasteiger partial charge in [-0.3, -0.25) is 4.68 Å². The quantitative estimate of drug-likeness (QED) is 0.724. The molecule has 1 atom stereocenters. The molecule has 1 N–H and O–H groups in total. The maximum Gasteiger partial charge on any atom is 0.163 e. The van der Waals surface area contributed by atoms with E-state index in [0.29, 0.717) is 0 Å². The zero-order valence-electron chi connectivity index (χ0n) is 12.4. The highest BCUT2D eigenvalue weighted by Gasteiger charge is 2.13. The molecule has 0 saturated heterocycles. The average Bonchev–Trinajstić information content (AvgIpc) is 2.56. The Hall–Kier alpha value is -1.03. The van der Waals surface area contributed by atoms with Gasteiger partial charge in [0.05, 0.1) is 5.69 Å². The smallest absolute Gasteiger partial charge is 0.163 e. The summed E-state index contributed by atoms with van der Waals surface area (Å²) >= 11 is 0. The van der Waals surface area contributed by atoms with Gasteiger partial charge in [-0.2, -0.15) is 5.10 Å². The number of hydrogen-bond acceptors (Lipinski definition) is 3. The van der Waals surface area contributed by atoms with Crippen LogP contribution in [0.3, 0.4) is 0 Å². The maximum absolute atomic E-state index is 5.96. The van der Waals surface area contributed by atoms with Crippen molar-refractivity contribution in [3.63, 3.8) is 0 Å². The topological polar surface area (TPSA) is 39.1 Å². The van der Waals surface area contributed by atoms with Crippen LogP contribution in [0.2, 0.25) is 0 Å². The number of nitrogens with zero attached hydrogens (tertiary/aromatic N) is 2. The Bertz CT molecular complexity index is 360. The first-order valence-electron chi connectivity index (χ1n) is 6.93. The molecule has 104 valence electrons. The first-order chi connectivity index (χ1) is 8.56. The van der Waals surface area contributed by atoms with Gasteiger partial charge in [-0.25, -0.2) is 0 Å². The summed E-state index contributed by atoms with van der Waals surface area (Å²) in [5.74, 6) is 0.931. The Kier molecular flexibility index (Phi) is 6.19. The van der Waals surface area contributed by atoms with E-state index in [1.165, 1.54) is 19.3 Å². The van der Waals surface area contributed by atoms with Crippen LogP contribution < -0.4 is 10.1 Å². The van der Waals surface area contributed by atoms with Gasteiger partial charge in [0.2, 0.25) is 0 Å². The van der Waals surface area contributed by atoms with E-state index in [2.05, 4.69) is 24.3 Å². The minimum atomic E-state index is 0.174. The monoisotopic (exact) mass is 253 g/mol. The molecule has 0 aliphatic rings. The van der Waals surface area contributed by atoms with E-state index >= 15 is 0 Å². The summed E-state index contributed by atoms with van der Waals surface area (Å²) in [6, 6.07) is 0. The van der Waals surface area contributed by atoms with Crippen LogP contribution in [0.4, 0.5) is 0 Å². The van der Waals surface area contributed by atoms with Crippen molar-refractivity contribution >= 4 is 0 Å². The molecular weight excluding hydrogens is 226 g/mol. The van der Waals surface area contributed by atoms with Crippen molar-refractivity contribution in [2.24, 2.45) is 7.05 Å². The molecule has 18 heavy (non-hydrogen) atoms. The Balaban J connectivity index is 2.33. The second-order valence-corrected chi connectivity index (χ2v) is 4.96. The van der Waals surface area contributed by atoms with Gasteiger partial charge in [-0.05, 0) is 33.7 Å². The van der Waals surface area contributed by atoms with Gasteiger partial charge in [-0.15, -0.1) is 0 Å². The predicted octanol–water partition coefficient (Wildman–Crippen LogP) is 2.58. The van der Waals surface area contributed by atoms with Crippen LogP contribution in [0.5, 0.6) is 5.75 Å². The van der Waals surface area contributed by atoms with E-state index in [1.807, 2.05) is 25.6 Å². The van der Waals surface area contributed by atoms with Crippen molar-refractivity contribution in [1.29, 1.82) is 0 Å². The van der Waals surface area contributed by atoms with Gasteiger partial charge in [0, 0.05) is 13.6 Å². The largest absolute Gasteiger partial charge is 0.486 e. The Labute approximate surface area is 111 Å². The molecule has 0 radical (unpaired) electrons. The second-order valence-electron chi connectivity index (χ2n) is 4.96. The van der Waals surface area contributed by atoms with Crippen LogP contribution in [-0.2, 0) is 7.05 Å². The van der Waals surface area contributed by atoms with Gasteiger partial charge in [0.1, 0.15) is 11.8 Å². The lowest BCUT2D eigenvalue weighted by Crippen LogP contribution is -2.29. The van der Waals surface area contributed by atoms with E-state index in [9.17, 15) is 0 Å². The van der Waals surface area contributed by atoms with Gasteiger partial charge in [0.15, 0.2) is 5.75 Å². The molecule has 0 spiro atoms. The highest BCUT2D eigenvalue weighted by molar-refractivity contribution is 5.31. The summed E-state index contributed by atoms with van der Waals surface area (Å²) in [6.07, 6.45) is 3.98. The highest BCUT2D eigenvalue weighted by atomic mass is 16.5. The zero-order chi connectivity index (χ0) is 13.5. The molecule has 4 heteroatoms. The van der Waals surface area contributed by atoms with Crippen LogP contribution in [0, 0.1) is 13.8 Å². The van der Waals surface area contributed by atoms with E-state index in [0.717, 1.165) is 30.2 Å². The van der Waals surface area contributed by atoms with E-state index in [-0.39, 0.29) is 6.10 Å². The SMILES string of the molecule is CCCCCNCC(C)Oc1c(C)nn(C)c1C. The molecule has 1 unspecified atom stereocenters. The number of ether oxygens (including phenoxy) is 1. The van der Waals surface area contributed by atoms with Gasteiger partial charge < -0.3 is 10.1 Å². The summed E-state index contributed by atoms with van der Waals surface area (Å²) in [5, 5.41) is 7.79. The number of aryl methyl sites for hydroxylation is 2. The van der Waals surface area contributed by atoms with Crippen molar-refractivity contribution < 1.29 is 4.74 Å². The van der Waals surface area contributed by atoms with Gasteiger partial charge in [-0.1, -0.05) is 19.8 Å². The maximum atomic E-state index is 5.96. The van der Waals surface area contributed by atoms with Crippen LogP contribution in [-0.4, -0.2) is 29.0 Å². The number of rotatable bonds is 8. The van der Waals surface area contributed by atoms with Crippen molar-refractivity contribution in [2.45, 2.75) is 53.1 Å². The Morgan fingerprint density at radius 2 is 2.06 bits per heavy atom. The molecule has 0 saturated carbocycles. The Morgan fingerprint density at radius 1 is 1.33 bits per heavy atom. The first kappa shape index (κ1) is 15.0. The predicted molar refractivity (Wildman–Crippen MR) is 75.2 cm³/mol. The molecule has 1 aromatic heterocycles. The number of aromatic nitrogens is 2. The van der Waals surface area contributed by atoms with Crippen LogP contribution in [0.1, 0.15) is 44.5 Å². The molecule has 4 nitrogen and oxygen atoms in total.